The van der Waals surface area contributed by atoms with Gasteiger partial charge in [-0.3, -0.25) is 0 Å². The average molecular weight is 156 g/mol. The van der Waals surface area contributed by atoms with Crippen molar-refractivity contribution in [3.63, 3.8) is 0 Å². The maximum absolute atomic E-state index is 4.92. The van der Waals surface area contributed by atoms with E-state index in [4.69, 9.17) is 4.74 Å². The van der Waals surface area contributed by atoms with Crippen LogP contribution in [0.25, 0.3) is 0 Å². The number of allylic oxidation sites excluding steroid dienone is 1. The van der Waals surface area contributed by atoms with Crippen LogP contribution in [-0.4, -0.2) is 13.7 Å². The van der Waals surface area contributed by atoms with Crippen LogP contribution in [0, 0.1) is 0 Å². The normalized spacial score (nSPS) is 11.1. The lowest BCUT2D eigenvalue weighted by atomic mass is 10.2. The van der Waals surface area contributed by atoms with E-state index in [1.165, 1.54) is 25.7 Å². The Hall–Kier alpha value is -0.300. The number of hydrogen-bond donors (Lipinski definition) is 0. The minimum absolute atomic E-state index is 0.851. The molecule has 0 aliphatic heterocycles. The second-order valence-corrected chi connectivity index (χ2v) is 2.75. The maximum Gasteiger partial charge on any atom is 0.0496 e. The molecular formula is C10H20O. The Balaban J connectivity index is 2.91. The Morgan fingerprint density at radius 2 is 1.82 bits per heavy atom. The van der Waals surface area contributed by atoms with Crippen LogP contribution in [0.15, 0.2) is 12.2 Å². The average Bonchev–Trinajstić information content (AvgIpc) is 2.03. The number of unbranched alkanes of at least 4 members (excludes halogenated alkanes) is 3. The van der Waals surface area contributed by atoms with Gasteiger partial charge < -0.3 is 4.74 Å². The van der Waals surface area contributed by atoms with E-state index in [9.17, 15) is 0 Å². The van der Waals surface area contributed by atoms with E-state index in [1.54, 1.807) is 7.11 Å². The highest BCUT2D eigenvalue weighted by molar-refractivity contribution is 4.80. The van der Waals surface area contributed by atoms with Crippen LogP contribution in [0.5, 0.6) is 0 Å². The van der Waals surface area contributed by atoms with E-state index >= 15 is 0 Å². The lowest BCUT2D eigenvalue weighted by molar-refractivity contribution is 0.204. The molecule has 0 N–H and O–H groups in total. The van der Waals surface area contributed by atoms with Crippen LogP contribution in [0.1, 0.15) is 39.0 Å². The van der Waals surface area contributed by atoms with Crippen molar-refractivity contribution in [3.8, 4) is 0 Å². The van der Waals surface area contributed by atoms with Gasteiger partial charge in [-0.05, 0) is 19.3 Å². The van der Waals surface area contributed by atoms with Crippen LogP contribution >= 0.6 is 0 Å². The Labute approximate surface area is 70.4 Å². The van der Waals surface area contributed by atoms with E-state index in [1.807, 2.05) is 0 Å². The second-order valence-electron chi connectivity index (χ2n) is 2.75. The molecule has 0 saturated carbocycles. The molecule has 11 heavy (non-hydrogen) atoms. The van der Waals surface area contributed by atoms with Crippen molar-refractivity contribution in [1.29, 1.82) is 0 Å². The Bertz CT molecular complexity index is 86.9. The highest BCUT2D eigenvalue weighted by Crippen LogP contribution is 1.99. The van der Waals surface area contributed by atoms with Crippen LogP contribution in [-0.2, 0) is 4.74 Å². The van der Waals surface area contributed by atoms with E-state index in [0.29, 0.717) is 0 Å². The summed E-state index contributed by atoms with van der Waals surface area (Å²) in [6.45, 7) is 3.08. The van der Waals surface area contributed by atoms with E-state index in [0.717, 1.165) is 13.0 Å². The first-order chi connectivity index (χ1) is 5.41. The molecule has 1 heteroatoms. The SMILES string of the molecule is CCCCC/C=C/CCOC. The largest absolute Gasteiger partial charge is 0.384 e. The predicted molar refractivity (Wildman–Crippen MR) is 49.8 cm³/mol. The van der Waals surface area contributed by atoms with Crippen molar-refractivity contribution >= 4 is 0 Å². The summed E-state index contributed by atoms with van der Waals surface area (Å²) in [5.74, 6) is 0. The summed E-state index contributed by atoms with van der Waals surface area (Å²) < 4.78 is 4.92. The molecule has 0 heterocycles. The first-order valence-electron chi connectivity index (χ1n) is 4.55. The van der Waals surface area contributed by atoms with Gasteiger partial charge in [0.1, 0.15) is 0 Å². The Kier molecular flexibility index (Phi) is 9.44. The topological polar surface area (TPSA) is 9.23 Å². The van der Waals surface area contributed by atoms with Gasteiger partial charge >= 0.3 is 0 Å². The molecule has 0 amide bonds. The molecule has 0 atom stereocenters. The summed E-state index contributed by atoms with van der Waals surface area (Å²) in [6.07, 6.45) is 10.8. The van der Waals surface area contributed by atoms with E-state index < -0.39 is 0 Å². The van der Waals surface area contributed by atoms with Gasteiger partial charge in [0.15, 0.2) is 0 Å². The molecule has 0 aliphatic rings. The van der Waals surface area contributed by atoms with Gasteiger partial charge in [-0.2, -0.15) is 0 Å². The molecule has 0 saturated heterocycles. The number of ether oxygens (including phenoxy) is 1. The molecule has 0 spiro atoms. The first kappa shape index (κ1) is 10.7. The van der Waals surface area contributed by atoms with Crippen molar-refractivity contribution in [2.24, 2.45) is 0 Å². The molecule has 0 unspecified atom stereocenters. The second kappa shape index (κ2) is 9.70. The summed E-state index contributed by atoms with van der Waals surface area (Å²) in [5, 5.41) is 0. The van der Waals surface area contributed by atoms with Crippen molar-refractivity contribution < 1.29 is 4.74 Å². The zero-order valence-electron chi connectivity index (χ0n) is 7.81. The van der Waals surface area contributed by atoms with E-state index in [2.05, 4.69) is 19.1 Å². The molecule has 0 aromatic carbocycles. The van der Waals surface area contributed by atoms with Gasteiger partial charge in [0.2, 0.25) is 0 Å². The lowest BCUT2D eigenvalue weighted by Gasteiger charge is -1.92. The van der Waals surface area contributed by atoms with Crippen LogP contribution in [0.4, 0.5) is 0 Å². The lowest BCUT2D eigenvalue weighted by Crippen LogP contribution is -1.83. The third-order valence-electron chi connectivity index (χ3n) is 1.63. The Morgan fingerprint density at radius 1 is 1.09 bits per heavy atom. The fourth-order valence-electron chi connectivity index (χ4n) is 0.934. The van der Waals surface area contributed by atoms with Gasteiger partial charge in [0, 0.05) is 13.7 Å². The molecule has 0 fully saturated rings. The molecule has 66 valence electrons. The summed E-state index contributed by atoms with van der Waals surface area (Å²) in [5.41, 5.74) is 0. The van der Waals surface area contributed by atoms with E-state index in [-0.39, 0.29) is 0 Å². The Morgan fingerprint density at radius 3 is 2.45 bits per heavy atom. The predicted octanol–water partition coefficient (Wildman–Crippen LogP) is 3.16. The highest BCUT2D eigenvalue weighted by atomic mass is 16.5. The smallest absolute Gasteiger partial charge is 0.0496 e. The number of hydrogen-bond acceptors (Lipinski definition) is 1. The minimum Gasteiger partial charge on any atom is -0.384 e. The van der Waals surface area contributed by atoms with Crippen LogP contribution in [0.2, 0.25) is 0 Å². The van der Waals surface area contributed by atoms with Crippen molar-refractivity contribution in [2.45, 2.75) is 39.0 Å². The molecule has 0 rings (SSSR count). The summed E-state index contributed by atoms with van der Waals surface area (Å²) in [4.78, 5) is 0. The zero-order chi connectivity index (χ0) is 8.36. The number of rotatable bonds is 7. The van der Waals surface area contributed by atoms with Crippen molar-refractivity contribution in [3.05, 3.63) is 12.2 Å². The molecule has 0 radical (unpaired) electrons. The molecular weight excluding hydrogens is 136 g/mol. The summed E-state index contributed by atoms with van der Waals surface area (Å²) in [7, 11) is 1.74. The maximum atomic E-state index is 4.92. The third-order valence-corrected chi connectivity index (χ3v) is 1.63. The fraction of sp³-hybridized carbons (Fsp3) is 0.800. The standard InChI is InChI=1S/C10H20O/c1-3-4-5-6-7-8-9-10-11-2/h7-8H,3-6,9-10H2,1-2H3/b8-7+. The van der Waals surface area contributed by atoms with Crippen LogP contribution < -0.4 is 0 Å². The van der Waals surface area contributed by atoms with Crippen molar-refractivity contribution in [2.75, 3.05) is 13.7 Å². The zero-order valence-corrected chi connectivity index (χ0v) is 7.81. The van der Waals surface area contributed by atoms with Gasteiger partial charge in [-0.1, -0.05) is 31.9 Å². The molecule has 0 aliphatic carbocycles. The highest BCUT2D eigenvalue weighted by Gasteiger charge is 1.81. The molecule has 0 bridgehead atoms. The van der Waals surface area contributed by atoms with Crippen LogP contribution in [0.3, 0.4) is 0 Å². The van der Waals surface area contributed by atoms with Crippen molar-refractivity contribution in [1.82, 2.24) is 0 Å². The molecule has 0 aromatic heterocycles. The van der Waals surface area contributed by atoms with Gasteiger partial charge in [-0.15, -0.1) is 0 Å². The monoisotopic (exact) mass is 156 g/mol. The molecule has 0 aromatic rings. The molecule has 1 nitrogen and oxygen atoms in total. The minimum atomic E-state index is 0.851. The van der Waals surface area contributed by atoms with Gasteiger partial charge in [-0.25, -0.2) is 0 Å². The summed E-state index contributed by atoms with van der Waals surface area (Å²) >= 11 is 0. The first-order valence-corrected chi connectivity index (χ1v) is 4.55. The number of methoxy groups -OCH3 is 1. The quantitative estimate of drug-likeness (QED) is 0.406. The van der Waals surface area contributed by atoms with Gasteiger partial charge in [0.25, 0.3) is 0 Å². The fourth-order valence-corrected chi connectivity index (χ4v) is 0.934. The summed E-state index contributed by atoms with van der Waals surface area (Å²) in [6, 6.07) is 0. The van der Waals surface area contributed by atoms with Gasteiger partial charge in [0.05, 0.1) is 0 Å². The third kappa shape index (κ3) is 9.70.